The Hall–Kier alpha value is -1.39. The first kappa shape index (κ1) is 13.1. The van der Waals surface area contributed by atoms with Crippen molar-refractivity contribution in [3.8, 4) is 0 Å². The van der Waals surface area contributed by atoms with E-state index in [9.17, 15) is 9.90 Å². The molecule has 0 saturated carbocycles. The summed E-state index contributed by atoms with van der Waals surface area (Å²) in [5.41, 5.74) is 0.471. The zero-order valence-electron chi connectivity index (χ0n) is 10.7. The van der Waals surface area contributed by atoms with Gasteiger partial charge in [0.05, 0.1) is 0 Å². The third-order valence-electron chi connectivity index (χ3n) is 3.52. The summed E-state index contributed by atoms with van der Waals surface area (Å²) in [4.78, 5) is 13.6. The summed E-state index contributed by atoms with van der Waals surface area (Å²) in [6.07, 6.45) is 0.670. The Balaban J connectivity index is 2.01. The molecule has 1 unspecified atom stereocenters. The van der Waals surface area contributed by atoms with E-state index in [4.69, 9.17) is 0 Å². The van der Waals surface area contributed by atoms with Crippen LogP contribution in [0.1, 0.15) is 18.9 Å². The van der Waals surface area contributed by atoms with Crippen molar-refractivity contribution in [2.24, 2.45) is 0 Å². The molecule has 2 N–H and O–H groups in total. The molecule has 4 nitrogen and oxygen atoms in total. The maximum absolute atomic E-state index is 11.4. The first-order valence-corrected chi connectivity index (χ1v) is 6.41. The van der Waals surface area contributed by atoms with Gasteiger partial charge >= 0.3 is 5.97 Å². The largest absolute Gasteiger partial charge is 0.480 e. The molecule has 0 radical (unpaired) electrons. The zero-order chi connectivity index (χ0) is 13.0. The van der Waals surface area contributed by atoms with Crippen LogP contribution in [0, 0.1) is 0 Å². The van der Waals surface area contributed by atoms with Crippen molar-refractivity contribution in [2.75, 3.05) is 19.6 Å². The van der Waals surface area contributed by atoms with E-state index in [0.29, 0.717) is 19.5 Å². The van der Waals surface area contributed by atoms with Crippen LogP contribution in [0.5, 0.6) is 0 Å². The molecule has 0 bridgehead atoms. The van der Waals surface area contributed by atoms with Crippen molar-refractivity contribution in [2.45, 2.75) is 25.4 Å². The second-order valence-corrected chi connectivity index (χ2v) is 4.86. The van der Waals surface area contributed by atoms with Crippen molar-refractivity contribution in [1.82, 2.24) is 10.2 Å². The Morgan fingerprint density at radius 1 is 1.44 bits per heavy atom. The van der Waals surface area contributed by atoms with Crippen LogP contribution in [0.15, 0.2) is 30.3 Å². The van der Waals surface area contributed by atoms with Crippen molar-refractivity contribution in [3.63, 3.8) is 0 Å². The number of hydrogen-bond acceptors (Lipinski definition) is 3. The van der Waals surface area contributed by atoms with Gasteiger partial charge in [0.15, 0.2) is 0 Å². The Morgan fingerprint density at radius 2 is 2.17 bits per heavy atom. The number of nitrogens with zero attached hydrogens (tertiary/aromatic N) is 1. The third kappa shape index (κ3) is 2.71. The number of carboxylic acid groups (broad SMARTS) is 1. The molecule has 2 rings (SSSR count). The van der Waals surface area contributed by atoms with Crippen LogP contribution < -0.4 is 5.32 Å². The van der Waals surface area contributed by atoms with Crippen LogP contribution in [0.25, 0.3) is 0 Å². The Labute approximate surface area is 108 Å². The minimum atomic E-state index is -0.760. The summed E-state index contributed by atoms with van der Waals surface area (Å²) >= 11 is 0. The summed E-state index contributed by atoms with van der Waals surface area (Å²) in [6.45, 7) is 4.86. The van der Waals surface area contributed by atoms with E-state index >= 15 is 0 Å². The number of rotatable bonds is 5. The Bertz CT molecular complexity index is 408. The smallest absolute Gasteiger partial charge is 0.325 e. The van der Waals surface area contributed by atoms with E-state index in [1.54, 1.807) is 0 Å². The van der Waals surface area contributed by atoms with Crippen LogP contribution in [-0.2, 0) is 11.3 Å². The molecule has 1 aliphatic heterocycles. The van der Waals surface area contributed by atoms with Gasteiger partial charge in [0.25, 0.3) is 0 Å². The Kier molecular flexibility index (Phi) is 3.99. The highest BCUT2D eigenvalue weighted by molar-refractivity contribution is 5.79. The number of likely N-dealkylation sites (N-methyl/N-ethyl adjacent to an activating group) is 1. The molecule has 0 amide bonds. The number of carboxylic acids is 1. The van der Waals surface area contributed by atoms with E-state index < -0.39 is 11.5 Å². The van der Waals surface area contributed by atoms with Crippen molar-refractivity contribution < 1.29 is 9.90 Å². The molecule has 0 aromatic heterocycles. The number of nitrogens with one attached hydrogen (secondary N) is 1. The fourth-order valence-corrected chi connectivity index (χ4v) is 2.60. The number of carbonyl (C=O) groups is 1. The second-order valence-electron chi connectivity index (χ2n) is 4.86. The molecule has 1 atom stereocenters. The average Bonchev–Trinajstić information content (AvgIpc) is 2.76. The summed E-state index contributed by atoms with van der Waals surface area (Å²) in [7, 11) is 0. The van der Waals surface area contributed by atoms with Crippen molar-refractivity contribution >= 4 is 5.97 Å². The highest BCUT2D eigenvalue weighted by Crippen LogP contribution is 2.23. The van der Waals surface area contributed by atoms with Crippen LogP contribution in [-0.4, -0.2) is 41.1 Å². The summed E-state index contributed by atoms with van der Waals surface area (Å²) in [5.74, 6) is -0.736. The summed E-state index contributed by atoms with van der Waals surface area (Å²) in [6, 6.07) is 10.2. The summed E-state index contributed by atoms with van der Waals surface area (Å²) in [5, 5.41) is 12.5. The third-order valence-corrected chi connectivity index (χ3v) is 3.52. The van der Waals surface area contributed by atoms with Crippen LogP contribution >= 0.6 is 0 Å². The van der Waals surface area contributed by atoms with Crippen LogP contribution in [0.4, 0.5) is 0 Å². The molecule has 1 aromatic carbocycles. The fraction of sp³-hybridized carbons (Fsp3) is 0.500. The van der Waals surface area contributed by atoms with E-state index in [1.165, 1.54) is 5.56 Å². The van der Waals surface area contributed by atoms with E-state index in [1.807, 2.05) is 25.1 Å². The first-order valence-electron chi connectivity index (χ1n) is 6.41. The molecule has 1 fully saturated rings. The van der Waals surface area contributed by atoms with Gasteiger partial charge in [0, 0.05) is 19.6 Å². The van der Waals surface area contributed by atoms with Crippen LogP contribution in [0.3, 0.4) is 0 Å². The predicted molar refractivity (Wildman–Crippen MR) is 70.4 cm³/mol. The first-order chi connectivity index (χ1) is 8.66. The van der Waals surface area contributed by atoms with E-state index in [-0.39, 0.29) is 0 Å². The highest BCUT2D eigenvalue weighted by atomic mass is 16.4. The van der Waals surface area contributed by atoms with E-state index in [0.717, 1.165) is 13.1 Å². The molecule has 4 heteroatoms. The molecular weight excluding hydrogens is 228 g/mol. The molecule has 0 spiro atoms. The number of hydrogen-bond donors (Lipinski definition) is 2. The molecule has 1 heterocycles. The van der Waals surface area contributed by atoms with Crippen LogP contribution in [0.2, 0.25) is 0 Å². The SMILES string of the molecule is CCNC1(C(=O)O)CCN(Cc2ccccc2)C1. The molecule has 18 heavy (non-hydrogen) atoms. The van der Waals surface area contributed by atoms with Gasteiger partial charge in [-0.1, -0.05) is 37.3 Å². The van der Waals surface area contributed by atoms with Crippen molar-refractivity contribution in [3.05, 3.63) is 35.9 Å². The number of likely N-dealkylation sites (tertiary alicyclic amines) is 1. The summed E-state index contributed by atoms with van der Waals surface area (Å²) < 4.78 is 0. The average molecular weight is 248 g/mol. The lowest BCUT2D eigenvalue weighted by atomic mass is 9.99. The van der Waals surface area contributed by atoms with E-state index in [2.05, 4.69) is 22.3 Å². The molecule has 0 aliphatic carbocycles. The lowest BCUT2D eigenvalue weighted by molar-refractivity contribution is -0.144. The van der Waals surface area contributed by atoms with Gasteiger partial charge in [-0.2, -0.15) is 0 Å². The van der Waals surface area contributed by atoms with Crippen molar-refractivity contribution in [1.29, 1.82) is 0 Å². The molecule has 98 valence electrons. The van der Waals surface area contributed by atoms with Gasteiger partial charge in [-0.15, -0.1) is 0 Å². The number of benzene rings is 1. The van der Waals surface area contributed by atoms with Gasteiger partial charge in [-0.05, 0) is 18.5 Å². The van der Waals surface area contributed by atoms with Gasteiger partial charge < -0.3 is 10.4 Å². The quantitative estimate of drug-likeness (QED) is 0.825. The van der Waals surface area contributed by atoms with Gasteiger partial charge in [0.1, 0.15) is 5.54 Å². The minimum absolute atomic E-state index is 0.574. The normalized spacial score (nSPS) is 24.3. The predicted octanol–water partition coefficient (Wildman–Crippen LogP) is 1.33. The lowest BCUT2D eigenvalue weighted by Gasteiger charge is -2.25. The molecule has 1 saturated heterocycles. The Morgan fingerprint density at radius 3 is 2.78 bits per heavy atom. The maximum Gasteiger partial charge on any atom is 0.325 e. The fourth-order valence-electron chi connectivity index (χ4n) is 2.60. The standard InChI is InChI=1S/C14H20N2O2/c1-2-15-14(13(17)18)8-9-16(11-14)10-12-6-4-3-5-7-12/h3-7,15H,2,8-11H2,1H3,(H,17,18). The monoisotopic (exact) mass is 248 g/mol. The maximum atomic E-state index is 11.4. The van der Waals surface area contributed by atoms with Gasteiger partial charge in [0.2, 0.25) is 0 Å². The highest BCUT2D eigenvalue weighted by Gasteiger charge is 2.43. The topological polar surface area (TPSA) is 52.6 Å². The zero-order valence-corrected chi connectivity index (χ0v) is 10.7. The molecular formula is C14H20N2O2. The lowest BCUT2D eigenvalue weighted by Crippen LogP contribution is -2.53. The van der Waals surface area contributed by atoms with Gasteiger partial charge in [-0.3, -0.25) is 9.69 Å². The number of aliphatic carboxylic acids is 1. The molecule has 1 aromatic rings. The minimum Gasteiger partial charge on any atom is -0.480 e. The molecule has 1 aliphatic rings. The second kappa shape index (κ2) is 5.50. The van der Waals surface area contributed by atoms with Gasteiger partial charge in [-0.25, -0.2) is 0 Å².